The van der Waals surface area contributed by atoms with E-state index in [1.165, 1.54) is 42.3 Å². The number of carbonyl (C=O) groups is 2. The quantitative estimate of drug-likeness (QED) is 0.165. The number of hydrogen-bond donors (Lipinski definition) is 1. The van der Waals surface area contributed by atoms with E-state index in [0.717, 1.165) is 17.7 Å². The summed E-state index contributed by atoms with van der Waals surface area (Å²) >= 11 is 0. The molecule has 12 heteroatoms. The summed E-state index contributed by atoms with van der Waals surface area (Å²) in [5, 5.41) is 2.94. The number of nitrogens with one attached hydrogen (secondary N) is 1. The number of nitrogens with zero attached hydrogens (tertiary/aromatic N) is 2. The number of methoxy groups -OCH3 is 1. The van der Waals surface area contributed by atoms with Crippen LogP contribution in [0.3, 0.4) is 0 Å². The zero-order chi connectivity index (χ0) is 34.9. The first-order valence-corrected chi connectivity index (χ1v) is 16.8. The number of ether oxygens (including phenoxy) is 1. The molecule has 0 fully saturated rings. The number of benzene rings is 4. The molecule has 0 spiro atoms. The highest BCUT2D eigenvalue weighted by molar-refractivity contribution is 7.92. The molecular weight excluding hydrogens is 643 g/mol. The first-order chi connectivity index (χ1) is 22.8. The Hall–Kier alpha value is -4.84. The Morgan fingerprint density at radius 2 is 1.48 bits per heavy atom. The number of sulfonamides is 1. The van der Waals surface area contributed by atoms with Gasteiger partial charge in [0.25, 0.3) is 10.0 Å². The number of anilines is 1. The van der Waals surface area contributed by atoms with Crippen molar-refractivity contribution in [3.63, 3.8) is 0 Å². The lowest BCUT2D eigenvalue weighted by Crippen LogP contribution is -2.54. The van der Waals surface area contributed by atoms with Crippen LogP contribution < -0.4 is 14.4 Å². The molecule has 0 radical (unpaired) electrons. The summed E-state index contributed by atoms with van der Waals surface area (Å²) < 4.78 is 75.5. The van der Waals surface area contributed by atoms with Crippen LogP contribution >= 0.6 is 0 Å². The molecule has 1 N–H and O–H groups in total. The van der Waals surface area contributed by atoms with Crippen molar-refractivity contribution >= 4 is 27.5 Å². The number of rotatable bonds is 14. The Balaban J connectivity index is 1.85. The molecule has 0 saturated heterocycles. The molecule has 0 aliphatic rings. The maximum atomic E-state index is 14.5. The van der Waals surface area contributed by atoms with E-state index >= 15 is 0 Å². The van der Waals surface area contributed by atoms with Crippen LogP contribution in [0.4, 0.5) is 18.9 Å². The molecule has 48 heavy (non-hydrogen) atoms. The summed E-state index contributed by atoms with van der Waals surface area (Å²) in [7, 11) is -3.07. The average Bonchev–Trinajstić information content (AvgIpc) is 3.09. The van der Waals surface area contributed by atoms with Gasteiger partial charge in [0.05, 0.1) is 23.3 Å². The second kappa shape index (κ2) is 15.8. The summed E-state index contributed by atoms with van der Waals surface area (Å²) in [5.74, 6) is -0.753. The molecule has 2 amide bonds. The van der Waals surface area contributed by atoms with Crippen LogP contribution in [0.15, 0.2) is 114 Å². The molecule has 4 aromatic carbocycles. The van der Waals surface area contributed by atoms with Crippen LogP contribution in [-0.2, 0) is 38.8 Å². The van der Waals surface area contributed by atoms with E-state index in [2.05, 4.69) is 5.32 Å². The van der Waals surface area contributed by atoms with Crippen molar-refractivity contribution in [2.45, 2.75) is 56.4 Å². The van der Waals surface area contributed by atoms with Gasteiger partial charge in [0.2, 0.25) is 11.8 Å². The first kappa shape index (κ1) is 36.0. The average molecular weight is 682 g/mol. The Bertz CT molecular complexity index is 1790. The minimum Gasteiger partial charge on any atom is -0.497 e. The van der Waals surface area contributed by atoms with Gasteiger partial charge in [0.1, 0.15) is 18.3 Å². The van der Waals surface area contributed by atoms with E-state index < -0.39 is 46.2 Å². The number of halogens is 3. The van der Waals surface area contributed by atoms with E-state index in [-0.39, 0.29) is 29.6 Å². The van der Waals surface area contributed by atoms with Gasteiger partial charge >= 0.3 is 6.18 Å². The van der Waals surface area contributed by atoms with Crippen molar-refractivity contribution in [1.29, 1.82) is 0 Å². The third kappa shape index (κ3) is 9.15. The predicted octanol–water partition coefficient (Wildman–Crippen LogP) is 6.46. The minimum atomic E-state index is -4.77. The molecule has 0 aliphatic carbocycles. The number of alkyl halides is 3. The third-order valence-corrected chi connectivity index (χ3v) is 9.62. The van der Waals surface area contributed by atoms with E-state index in [4.69, 9.17) is 4.74 Å². The van der Waals surface area contributed by atoms with Crippen molar-refractivity contribution in [3.05, 3.63) is 126 Å². The van der Waals surface area contributed by atoms with Crippen LogP contribution in [0.25, 0.3) is 0 Å². The molecular formula is C36H38F3N3O5S. The highest BCUT2D eigenvalue weighted by atomic mass is 32.2. The van der Waals surface area contributed by atoms with Gasteiger partial charge < -0.3 is 15.0 Å². The van der Waals surface area contributed by atoms with E-state index in [1.807, 2.05) is 32.0 Å². The van der Waals surface area contributed by atoms with Crippen molar-refractivity contribution in [3.8, 4) is 5.75 Å². The van der Waals surface area contributed by atoms with Gasteiger partial charge in [-0.15, -0.1) is 0 Å². The second-order valence-corrected chi connectivity index (χ2v) is 13.1. The molecule has 2 atom stereocenters. The Kier molecular flexibility index (Phi) is 11.9. The Morgan fingerprint density at radius 1 is 0.854 bits per heavy atom. The highest BCUT2D eigenvalue weighted by Crippen LogP contribution is 2.33. The zero-order valence-corrected chi connectivity index (χ0v) is 27.7. The van der Waals surface area contributed by atoms with E-state index in [0.29, 0.717) is 28.1 Å². The monoisotopic (exact) mass is 681 g/mol. The molecule has 4 aromatic rings. The van der Waals surface area contributed by atoms with Gasteiger partial charge in [0.15, 0.2) is 0 Å². The van der Waals surface area contributed by atoms with Crippen molar-refractivity contribution in [2.24, 2.45) is 0 Å². The molecule has 0 aliphatic heterocycles. The maximum Gasteiger partial charge on any atom is 0.416 e. The van der Waals surface area contributed by atoms with Crippen molar-refractivity contribution < 1.29 is 35.9 Å². The van der Waals surface area contributed by atoms with Crippen LogP contribution in [0.2, 0.25) is 0 Å². The smallest absolute Gasteiger partial charge is 0.416 e. The standard InChI is InChI=1S/C36H38F3N3O5S/c1-4-26(2)40-35(44)33(22-27-13-7-5-8-14-27)41(24-28-15-11-18-31(21-28)47-3)34(43)25-42(48(45,46)32-19-9-6-10-20-32)30-17-12-16-29(23-30)36(37,38)39/h5-21,23,26,33H,4,22,24-25H2,1-3H3,(H,40,44)/t26-,33+/m0/s1. The topological polar surface area (TPSA) is 96.0 Å². The lowest BCUT2D eigenvalue weighted by Gasteiger charge is -2.34. The van der Waals surface area contributed by atoms with Crippen molar-refractivity contribution in [2.75, 3.05) is 18.0 Å². The summed E-state index contributed by atoms with van der Waals surface area (Å²) in [6.07, 6.45) is -4.06. The fourth-order valence-corrected chi connectivity index (χ4v) is 6.48. The summed E-state index contributed by atoms with van der Waals surface area (Å²) in [4.78, 5) is 29.5. The van der Waals surface area contributed by atoms with Gasteiger partial charge in [0, 0.05) is 19.0 Å². The zero-order valence-electron chi connectivity index (χ0n) is 26.9. The van der Waals surface area contributed by atoms with Gasteiger partial charge in [-0.05, 0) is 66.9 Å². The predicted molar refractivity (Wildman–Crippen MR) is 178 cm³/mol. The summed E-state index contributed by atoms with van der Waals surface area (Å²) in [6.45, 7) is 2.72. The van der Waals surface area contributed by atoms with Gasteiger partial charge in [-0.1, -0.05) is 73.7 Å². The lowest BCUT2D eigenvalue weighted by molar-refractivity contribution is -0.140. The highest BCUT2D eigenvalue weighted by Gasteiger charge is 2.36. The normalized spacial score (nSPS) is 12.9. The second-order valence-electron chi connectivity index (χ2n) is 11.3. The first-order valence-electron chi connectivity index (χ1n) is 15.3. The van der Waals surface area contributed by atoms with Gasteiger partial charge in [-0.25, -0.2) is 8.42 Å². The molecule has 0 unspecified atom stereocenters. The van der Waals surface area contributed by atoms with Crippen LogP contribution in [0.5, 0.6) is 5.75 Å². The molecule has 4 rings (SSSR count). The molecule has 0 saturated carbocycles. The molecule has 8 nitrogen and oxygen atoms in total. The largest absolute Gasteiger partial charge is 0.497 e. The van der Waals surface area contributed by atoms with Crippen LogP contribution in [-0.4, -0.2) is 50.9 Å². The van der Waals surface area contributed by atoms with Crippen molar-refractivity contribution in [1.82, 2.24) is 10.2 Å². The van der Waals surface area contributed by atoms with E-state index in [9.17, 15) is 31.2 Å². The number of hydrogen-bond acceptors (Lipinski definition) is 5. The minimum absolute atomic E-state index is 0.0911. The summed E-state index contributed by atoms with van der Waals surface area (Å²) in [5.41, 5.74) is -0.0959. The number of carbonyl (C=O) groups excluding carboxylic acids is 2. The maximum absolute atomic E-state index is 14.5. The number of amides is 2. The van der Waals surface area contributed by atoms with Gasteiger partial charge in [-0.3, -0.25) is 13.9 Å². The van der Waals surface area contributed by atoms with E-state index in [1.54, 1.807) is 42.5 Å². The summed E-state index contributed by atoms with van der Waals surface area (Å²) in [6, 6.07) is 25.5. The van der Waals surface area contributed by atoms with Gasteiger partial charge in [-0.2, -0.15) is 13.2 Å². The molecule has 0 heterocycles. The third-order valence-electron chi connectivity index (χ3n) is 7.83. The van der Waals surface area contributed by atoms with Crippen LogP contribution in [0.1, 0.15) is 37.0 Å². The SMILES string of the molecule is CC[C@H](C)NC(=O)[C@@H](Cc1ccccc1)N(Cc1cccc(OC)c1)C(=O)CN(c1cccc(C(F)(F)F)c1)S(=O)(=O)c1ccccc1. The Labute approximate surface area is 279 Å². The molecule has 0 bridgehead atoms. The fraction of sp³-hybridized carbons (Fsp3) is 0.278. The molecule has 0 aromatic heterocycles. The molecule has 254 valence electrons. The Morgan fingerprint density at radius 3 is 2.10 bits per heavy atom. The lowest BCUT2D eigenvalue weighted by atomic mass is 10.0. The van der Waals surface area contributed by atoms with Crippen LogP contribution in [0, 0.1) is 0 Å². The fourth-order valence-electron chi connectivity index (χ4n) is 5.05.